The van der Waals surface area contributed by atoms with Crippen LogP contribution in [0.2, 0.25) is 0 Å². The maximum atomic E-state index is 13.6. The first kappa shape index (κ1) is 26.5. The van der Waals surface area contributed by atoms with Gasteiger partial charge in [0, 0.05) is 51.0 Å². The van der Waals surface area contributed by atoms with Gasteiger partial charge in [0.1, 0.15) is 11.4 Å². The Morgan fingerprint density at radius 1 is 0.897 bits per heavy atom. The van der Waals surface area contributed by atoms with Gasteiger partial charge in [0.15, 0.2) is 0 Å². The molecular formula is C30H36N6O3. The molecule has 9 heteroatoms. The van der Waals surface area contributed by atoms with Crippen molar-refractivity contribution in [2.75, 3.05) is 44.8 Å². The van der Waals surface area contributed by atoms with E-state index in [4.69, 9.17) is 9.47 Å². The molecule has 1 aliphatic rings. The maximum absolute atomic E-state index is 13.6. The quantitative estimate of drug-likeness (QED) is 0.274. The first-order valence-corrected chi connectivity index (χ1v) is 13.6. The summed E-state index contributed by atoms with van der Waals surface area (Å²) in [5, 5.41) is 8.91. The van der Waals surface area contributed by atoms with Crippen molar-refractivity contribution >= 4 is 5.69 Å². The molecular weight excluding hydrogens is 492 g/mol. The topological polar surface area (TPSA) is 77.7 Å². The highest BCUT2D eigenvalue weighted by molar-refractivity contribution is 5.57. The largest absolute Gasteiger partial charge is 0.497 e. The number of ether oxygens (including phenoxy) is 2. The lowest BCUT2D eigenvalue weighted by atomic mass is 10.1. The van der Waals surface area contributed by atoms with E-state index in [9.17, 15) is 4.79 Å². The van der Waals surface area contributed by atoms with Crippen LogP contribution in [0, 0.1) is 0 Å². The summed E-state index contributed by atoms with van der Waals surface area (Å²) in [7, 11) is 1.67. The molecule has 204 valence electrons. The third-order valence-electron chi connectivity index (χ3n) is 7.06. The van der Waals surface area contributed by atoms with Crippen molar-refractivity contribution in [3.8, 4) is 17.2 Å². The molecule has 2 aromatic carbocycles. The monoisotopic (exact) mass is 528 g/mol. The fraction of sp³-hybridized carbons (Fsp3) is 0.367. The normalized spacial score (nSPS) is 13.9. The van der Waals surface area contributed by atoms with Gasteiger partial charge < -0.3 is 14.4 Å². The highest BCUT2D eigenvalue weighted by atomic mass is 16.5. The highest BCUT2D eigenvalue weighted by Gasteiger charge is 2.24. The Bertz CT molecular complexity index is 1390. The summed E-state index contributed by atoms with van der Waals surface area (Å²) < 4.78 is 14.8. The van der Waals surface area contributed by atoms with E-state index in [1.807, 2.05) is 53.3 Å². The molecule has 1 fully saturated rings. The molecule has 0 bridgehead atoms. The van der Waals surface area contributed by atoms with Gasteiger partial charge in [-0.3, -0.25) is 14.4 Å². The highest BCUT2D eigenvalue weighted by Crippen LogP contribution is 2.26. The molecule has 4 aromatic rings. The minimum absolute atomic E-state index is 0.238. The van der Waals surface area contributed by atoms with Crippen LogP contribution >= 0.6 is 0 Å². The number of aromatic nitrogens is 4. The second-order valence-corrected chi connectivity index (χ2v) is 9.68. The average Bonchev–Trinajstić information content (AvgIpc) is 3.44. The summed E-state index contributed by atoms with van der Waals surface area (Å²) in [6.07, 6.45) is 7.47. The Kier molecular flexibility index (Phi) is 8.58. The number of nitrogens with zero attached hydrogens (tertiary/aromatic N) is 6. The van der Waals surface area contributed by atoms with E-state index in [-0.39, 0.29) is 5.56 Å². The first-order valence-electron chi connectivity index (χ1n) is 13.6. The van der Waals surface area contributed by atoms with Crippen LogP contribution in [-0.4, -0.2) is 64.4 Å². The van der Waals surface area contributed by atoms with E-state index >= 15 is 0 Å². The molecule has 0 N–H and O–H groups in total. The van der Waals surface area contributed by atoms with Crippen molar-refractivity contribution in [1.82, 2.24) is 24.5 Å². The molecule has 0 amide bonds. The zero-order chi connectivity index (χ0) is 27.0. The molecule has 3 heterocycles. The Morgan fingerprint density at radius 2 is 1.67 bits per heavy atom. The molecule has 1 saturated heterocycles. The predicted molar refractivity (Wildman–Crippen MR) is 152 cm³/mol. The van der Waals surface area contributed by atoms with Crippen LogP contribution in [0.5, 0.6) is 11.5 Å². The van der Waals surface area contributed by atoms with Gasteiger partial charge in [0.2, 0.25) is 5.75 Å². The first-order chi connectivity index (χ1) is 19.1. The van der Waals surface area contributed by atoms with Gasteiger partial charge >= 0.3 is 5.56 Å². The van der Waals surface area contributed by atoms with Crippen LogP contribution in [-0.2, 0) is 19.5 Å². The standard InChI is InChI=1S/C30H36N6O3/c1-3-35-23-25(20-31-35)22-33-15-17-34(18-16-33)28-21-32-36(26-9-5-4-6-10-26)30(37)29(28)39-19-7-8-24-11-13-27(38-2)14-12-24/h4-6,9-14,20-21,23H,3,7-8,15-19,22H2,1-2H3. The number of aryl methyl sites for hydroxylation is 2. The minimum Gasteiger partial charge on any atom is -0.497 e. The third-order valence-corrected chi connectivity index (χ3v) is 7.06. The zero-order valence-corrected chi connectivity index (χ0v) is 22.7. The van der Waals surface area contributed by atoms with Gasteiger partial charge in [-0.25, -0.2) is 0 Å². The van der Waals surface area contributed by atoms with Crippen molar-refractivity contribution < 1.29 is 9.47 Å². The number of hydrogen-bond donors (Lipinski definition) is 0. The van der Waals surface area contributed by atoms with Gasteiger partial charge in [-0.15, -0.1) is 0 Å². The molecule has 0 unspecified atom stereocenters. The summed E-state index contributed by atoms with van der Waals surface area (Å²) in [4.78, 5) is 18.3. The smallest absolute Gasteiger partial charge is 0.316 e. The van der Waals surface area contributed by atoms with E-state index < -0.39 is 0 Å². The fourth-order valence-corrected chi connectivity index (χ4v) is 4.85. The van der Waals surface area contributed by atoms with Gasteiger partial charge in [0.25, 0.3) is 0 Å². The zero-order valence-electron chi connectivity index (χ0n) is 22.7. The molecule has 1 aliphatic heterocycles. The van der Waals surface area contributed by atoms with Crippen LogP contribution in [0.15, 0.2) is 78.0 Å². The second kappa shape index (κ2) is 12.6. The predicted octanol–water partition coefficient (Wildman–Crippen LogP) is 3.79. The Morgan fingerprint density at radius 3 is 2.36 bits per heavy atom. The van der Waals surface area contributed by atoms with Crippen molar-refractivity contribution in [1.29, 1.82) is 0 Å². The van der Waals surface area contributed by atoms with Crippen LogP contribution in [0.4, 0.5) is 5.69 Å². The molecule has 5 rings (SSSR count). The van der Waals surface area contributed by atoms with Crippen molar-refractivity contribution in [2.24, 2.45) is 0 Å². The molecule has 39 heavy (non-hydrogen) atoms. The van der Waals surface area contributed by atoms with Crippen LogP contribution in [0.3, 0.4) is 0 Å². The summed E-state index contributed by atoms with van der Waals surface area (Å²) in [6, 6.07) is 17.5. The van der Waals surface area contributed by atoms with Gasteiger partial charge in [-0.05, 0) is 49.6 Å². The average molecular weight is 529 g/mol. The van der Waals surface area contributed by atoms with Gasteiger partial charge in [0.05, 0.1) is 31.8 Å². The molecule has 9 nitrogen and oxygen atoms in total. The third kappa shape index (κ3) is 6.49. The van der Waals surface area contributed by atoms with E-state index in [0.717, 1.165) is 69.2 Å². The number of anilines is 1. The van der Waals surface area contributed by atoms with Gasteiger partial charge in [-0.1, -0.05) is 30.3 Å². The van der Waals surface area contributed by atoms with Crippen LogP contribution < -0.4 is 19.9 Å². The molecule has 0 atom stereocenters. The lowest BCUT2D eigenvalue weighted by Gasteiger charge is -2.36. The van der Waals surface area contributed by atoms with Crippen molar-refractivity contribution in [3.05, 3.63) is 94.7 Å². The van der Waals surface area contributed by atoms with Crippen LogP contribution in [0.1, 0.15) is 24.5 Å². The summed E-state index contributed by atoms with van der Waals surface area (Å²) in [6.45, 7) is 7.63. The lowest BCUT2D eigenvalue weighted by Crippen LogP contribution is -2.46. The number of methoxy groups -OCH3 is 1. The number of piperazine rings is 1. The molecule has 0 radical (unpaired) electrons. The molecule has 0 aliphatic carbocycles. The Labute approximate surface area is 229 Å². The van der Waals surface area contributed by atoms with E-state index in [2.05, 4.69) is 45.3 Å². The lowest BCUT2D eigenvalue weighted by molar-refractivity contribution is 0.247. The maximum Gasteiger partial charge on any atom is 0.316 e. The molecule has 0 spiro atoms. The Hall–Kier alpha value is -4.11. The van der Waals surface area contributed by atoms with Crippen LogP contribution in [0.25, 0.3) is 5.69 Å². The fourth-order valence-electron chi connectivity index (χ4n) is 4.85. The second-order valence-electron chi connectivity index (χ2n) is 9.68. The van der Waals surface area contributed by atoms with E-state index in [1.54, 1.807) is 13.3 Å². The Balaban J connectivity index is 1.28. The van der Waals surface area contributed by atoms with Crippen molar-refractivity contribution in [2.45, 2.75) is 32.9 Å². The minimum atomic E-state index is -0.238. The van der Waals surface area contributed by atoms with Crippen molar-refractivity contribution in [3.63, 3.8) is 0 Å². The number of rotatable bonds is 11. The number of para-hydroxylation sites is 1. The SMILES string of the molecule is CCn1cc(CN2CCN(c3cnn(-c4ccccc4)c(=O)c3OCCCc3ccc(OC)cc3)CC2)cn1. The summed E-state index contributed by atoms with van der Waals surface area (Å²) in [5.41, 5.74) is 3.66. The summed E-state index contributed by atoms with van der Waals surface area (Å²) in [5.74, 6) is 1.20. The van der Waals surface area contributed by atoms with Gasteiger partial charge in [-0.2, -0.15) is 14.9 Å². The number of benzene rings is 2. The summed E-state index contributed by atoms with van der Waals surface area (Å²) >= 11 is 0. The number of hydrogen-bond acceptors (Lipinski definition) is 7. The van der Waals surface area contributed by atoms with E-state index in [0.29, 0.717) is 12.4 Å². The molecule has 2 aromatic heterocycles. The van der Waals surface area contributed by atoms with E-state index in [1.165, 1.54) is 15.8 Å². The molecule has 0 saturated carbocycles.